The Bertz CT molecular complexity index is 445. The van der Waals surface area contributed by atoms with Gasteiger partial charge in [0.15, 0.2) is 6.04 Å². The maximum atomic E-state index is 12.4. The monoisotopic (exact) mass is 359 g/mol. The van der Waals surface area contributed by atoms with E-state index in [1.807, 2.05) is 6.92 Å². The zero-order chi connectivity index (χ0) is 19.2. The fraction of sp³-hybridized carbons (Fsp3) is 0.889. The third-order valence-electron chi connectivity index (χ3n) is 3.58. The highest BCUT2D eigenvalue weighted by Gasteiger charge is 2.34. The van der Waals surface area contributed by atoms with E-state index in [0.29, 0.717) is 25.6 Å². The number of esters is 1. The van der Waals surface area contributed by atoms with Crippen molar-refractivity contribution in [2.75, 3.05) is 26.9 Å². The Morgan fingerprint density at radius 2 is 1.96 bits per heavy atom. The summed E-state index contributed by atoms with van der Waals surface area (Å²) in [6.45, 7) is 12.3. The molecule has 0 saturated carbocycles. The van der Waals surface area contributed by atoms with E-state index in [1.54, 1.807) is 20.8 Å². The summed E-state index contributed by atoms with van der Waals surface area (Å²) in [5.74, 6) is -0.0816. The predicted octanol–water partition coefficient (Wildman–Crippen LogP) is 2.62. The molecule has 146 valence electrons. The van der Waals surface area contributed by atoms with Crippen LogP contribution in [0.15, 0.2) is 0 Å². The average Bonchev–Trinajstić information content (AvgIpc) is 2.51. The molecule has 0 N–H and O–H groups in total. The van der Waals surface area contributed by atoms with Gasteiger partial charge in [-0.2, -0.15) is 0 Å². The van der Waals surface area contributed by atoms with Crippen LogP contribution in [0.2, 0.25) is 0 Å². The summed E-state index contributed by atoms with van der Waals surface area (Å²) in [5, 5.41) is 0. The van der Waals surface area contributed by atoms with Gasteiger partial charge in [-0.15, -0.1) is 0 Å². The van der Waals surface area contributed by atoms with Crippen molar-refractivity contribution in [3.63, 3.8) is 0 Å². The van der Waals surface area contributed by atoms with Gasteiger partial charge in [0.05, 0.1) is 19.3 Å². The second kappa shape index (κ2) is 9.38. The van der Waals surface area contributed by atoms with E-state index < -0.39 is 23.7 Å². The average molecular weight is 359 g/mol. The third kappa shape index (κ3) is 8.05. The fourth-order valence-corrected chi connectivity index (χ4v) is 2.32. The first-order chi connectivity index (χ1) is 11.5. The molecule has 1 heterocycles. The Morgan fingerprint density at radius 1 is 1.32 bits per heavy atom. The molecular weight excluding hydrogens is 326 g/mol. The van der Waals surface area contributed by atoms with Crippen LogP contribution in [0, 0.1) is 5.92 Å². The van der Waals surface area contributed by atoms with Crippen LogP contribution in [0.1, 0.15) is 48.0 Å². The number of ether oxygens (including phenoxy) is 4. The van der Waals surface area contributed by atoms with E-state index in [1.165, 1.54) is 11.9 Å². The zero-order valence-electron chi connectivity index (χ0n) is 16.5. The summed E-state index contributed by atoms with van der Waals surface area (Å²) in [7, 11) is 1.51. The zero-order valence-corrected chi connectivity index (χ0v) is 16.5. The van der Waals surface area contributed by atoms with Crippen molar-refractivity contribution in [3.05, 3.63) is 0 Å². The first-order valence-corrected chi connectivity index (χ1v) is 8.85. The smallest absolute Gasteiger partial charge is 0.410 e. The lowest BCUT2D eigenvalue weighted by atomic mass is 10.1. The molecule has 0 aromatic carbocycles. The molecule has 25 heavy (non-hydrogen) atoms. The normalized spacial score (nSPS) is 25.6. The second-order valence-electron chi connectivity index (χ2n) is 7.98. The summed E-state index contributed by atoms with van der Waals surface area (Å²) in [5.41, 5.74) is -0.641. The van der Waals surface area contributed by atoms with E-state index in [-0.39, 0.29) is 18.8 Å². The number of likely N-dealkylation sites (N-methyl/N-ethyl adjacent to an activating group) is 1. The summed E-state index contributed by atoms with van der Waals surface area (Å²) < 4.78 is 22.3. The molecule has 7 heteroatoms. The molecule has 0 bridgehead atoms. The Hall–Kier alpha value is -1.34. The number of rotatable bonds is 4. The van der Waals surface area contributed by atoms with Crippen LogP contribution >= 0.6 is 0 Å². The van der Waals surface area contributed by atoms with Gasteiger partial charge in [0.1, 0.15) is 11.7 Å². The van der Waals surface area contributed by atoms with Crippen molar-refractivity contribution in [2.24, 2.45) is 5.92 Å². The summed E-state index contributed by atoms with van der Waals surface area (Å²) >= 11 is 0. The Balaban J connectivity index is 2.73. The van der Waals surface area contributed by atoms with E-state index in [0.717, 1.165) is 0 Å². The van der Waals surface area contributed by atoms with Crippen molar-refractivity contribution < 1.29 is 28.5 Å². The van der Waals surface area contributed by atoms with Crippen LogP contribution in [0.4, 0.5) is 4.79 Å². The molecule has 0 aromatic heterocycles. The summed E-state index contributed by atoms with van der Waals surface area (Å²) in [4.78, 5) is 25.9. The van der Waals surface area contributed by atoms with Gasteiger partial charge in [-0.1, -0.05) is 13.8 Å². The quantitative estimate of drug-likeness (QED) is 0.719. The Morgan fingerprint density at radius 3 is 2.52 bits per heavy atom. The van der Waals surface area contributed by atoms with E-state index in [2.05, 4.69) is 13.8 Å². The van der Waals surface area contributed by atoms with Crippen LogP contribution < -0.4 is 0 Å². The molecule has 1 saturated heterocycles. The topological polar surface area (TPSA) is 74.3 Å². The van der Waals surface area contributed by atoms with Gasteiger partial charge >= 0.3 is 12.1 Å². The van der Waals surface area contributed by atoms with Crippen molar-refractivity contribution >= 4 is 12.1 Å². The molecule has 1 aliphatic rings. The maximum absolute atomic E-state index is 12.4. The minimum Gasteiger partial charge on any atom is -0.461 e. The van der Waals surface area contributed by atoms with Crippen molar-refractivity contribution in [2.45, 2.75) is 71.8 Å². The van der Waals surface area contributed by atoms with Gasteiger partial charge in [0.25, 0.3) is 0 Å². The van der Waals surface area contributed by atoms with Crippen LogP contribution in [-0.4, -0.2) is 67.7 Å². The highest BCUT2D eigenvalue weighted by molar-refractivity contribution is 5.81. The Kier molecular flexibility index (Phi) is 8.15. The first kappa shape index (κ1) is 21.7. The molecule has 1 rings (SSSR count). The third-order valence-corrected chi connectivity index (χ3v) is 3.58. The molecule has 0 spiro atoms. The number of hydrogen-bond acceptors (Lipinski definition) is 6. The van der Waals surface area contributed by atoms with E-state index in [4.69, 9.17) is 18.9 Å². The SMILES string of the molecule is CC(C)COC1COC[C@H](N(C)C(=O)OC(C)(C)C)C(=O)OC(C)C1. The number of nitrogens with zero attached hydrogens (tertiary/aromatic N) is 1. The molecule has 0 aliphatic carbocycles. The number of amides is 1. The Labute approximate surface area is 150 Å². The molecular formula is C18H33NO6. The molecule has 7 nitrogen and oxygen atoms in total. The molecule has 2 unspecified atom stereocenters. The molecule has 0 radical (unpaired) electrons. The van der Waals surface area contributed by atoms with Crippen LogP contribution in [0.3, 0.4) is 0 Å². The van der Waals surface area contributed by atoms with Crippen molar-refractivity contribution in [3.8, 4) is 0 Å². The summed E-state index contributed by atoms with van der Waals surface area (Å²) in [6, 6.07) is -0.846. The number of carbonyl (C=O) groups excluding carboxylic acids is 2. The first-order valence-electron chi connectivity index (χ1n) is 8.85. The predicted molar refractivity (Wildman–Crippen MR) is 93.4 cm³/mol. The van der Waals surface area contributed by atoms with Gasteiger partial charge in [0, 0.05) is 20.1 Å². The summed E-state index contributed by atoms with van der Waals surface area (Å²) in [6.07, 6.45) is -0.490. The van der Waals surface area contributed by atoms with Gasteiger partial charge in [-0.3, -0.25) is 4.90 Å². The molecule has 0 aromatic rings. The molecule has 1 amide bonds. The highest BCUT2D eigenvalue weighted by Crippen LogP contribution is 2.16. The lowest BCUT2D eigenvalue weighted by Gasteiger charge is -2.29. The molecule has 1 fully saturated rings. The van der Waals surface area contributed by atoms with Crippen molar-refractivity contribution in [1.29, 1.82) is 0 Å². The second-order valence-corrected chi connectivity index (χ2v) is 7.98. The van der Waals surface area contributed by atoms with Gasteiger partial charge in [-0.05, 0) is 33.6 Å². The van der Waals surface area contributed by atoms with Crippen LogP contribution in [-0.2, 0) is 23.7 Å². The number of cyclic esters (lactones) is 1. The van der Waals surface area contributed by atoms with Gasteiger partial charge in [0.2, 0.25) is 0 Å². The standard InChI is InChI=1S/C18H33NO6/c1-12(2)9-23-14-8-13(3)24-16(20)15(11-22-10-14)19(7)17(21)25-18(4,5)6/h12-15H,8-11H2,1-7H3/t13?,14?,15-/m0/s1. The lowest BCUT2D eigenvalue weighted by molar-refractivity contribution is -0.155. The minimum atomic E-state index is -0.846. The lowest BCUT2D eigenvalue weighted by Crippen LogP contribution is -2.48. The molecule has 3 atom stereocenters. The number of carbonyl (C=O) groups is 2. The minimum absolute atomic E-state index is 0.0445. The van der Waals surface area contributed by atoms with Gasteiger partial charge in [-0.25, -0.2) is 9.59 Å². The molecule has 1 aliphatic heterocycles. The number of hydrogen-bond donors (Lipinski definition) is 0. The van der Waals surface area contributed by atoms with Crippen LogP contribution in [0.25, 0.3) is 0 Å². The van der Waals surface area contributed by atoms with Crippen molar-refractivity contribution in [1.82, 2.24) is 4.90 Å². The fourth-order valence-electron chi connectivity index (χ4n) is 2.32. The maximum Gasteiger partial charge on any atom is 0.410 e. The van der Waals surface area contributed by atoms with E-state index >= 15 is 0 Å². The van der Waals surface area contributed by atoms with Gasteiger partial charge < -0.3 is 18.9 Å². The van der Waals surface area contributed by atoms with Crippen LogP contribution in [0.5, 0.6) is 0 Å². The highest BCUT2D eigenvalue weighted by atomic mass is 16.6. The largest absolute Gasteiger partial charge is 0.461 e. The van der Waals surface area contributed by atoms with E-state index in [9.17, 15) is 9.59 Å².